The molecule has 3 heterocycles. The molecule has 0 saturated carbocycles. The number of rotatable bonds is 4. The molecule has 1 aliphatic rings. The minimum Gasteiger partial charge on any atom is -0.352 e. The number of nitrogens with two attached hydrogens (primary N) is 1. The molecule has 1 fully saturated rings. The minimum atomic E-state index is -4.65. The van der Waals surface area contributed by atoms with Crippen molar-refractivity contribution in [3.05, 3.63) is 17.0 Å². The van der Waals surface area contributed by atoms with Crippen LogP contribution in [0, 0.1) is 13.8 Å². The van der Waals surface area contributed by atoms with Crippen LogP contribution < -0.4 is 10.0 Å². The number of aromatic nitrogens is 4. The molecular formula is C14H20F3N7O2S. The predicted octanol–water partition coefficient (Wildman–Crippen LogP) is 0.170. The number of hydrogen-bond acceptors (Lipinski definition) is 7. The van der Waals surface area contributed by atoms with Crippen LogP contribution in [0.3, 0.4) is 0 Å². The van der Waals surface area contributed by atoms with Crippen molar-refractivity contribution in [3.8, 4) is 0 Å². The van der Waals surface area contributed by atoms with Crippen LogP contribution >= 0.6 is 0 Å². The Kier molecular flexibility index (Phi) is 5.03. The first kappa shape index (κ1) is 19.8. The lowest BCUT2D eigenvalue weighted by Gasteiger charge is -2.36. The second-order valence-electron chi connectivity index (χ2n) is 6.53. The summed E-state index contributed by atoms with van der Waals surface area (Å²) in [7, 11) is -3.53. The van der Waals surface area contributed by atoms with Gasteiger partial charge in [0.1, 0.15) is 0 Å². The van der Waals surface area contributed by atoms with Gasteiger partial charge in [-0.3, -0.25) is 4.90 Å². The molecular weight excluding hydrogens is 387 g/mol. The standard InChI is InChI=1S/C14H20F3N7O2S/c1-9-10(2)12(21-24-11(9)19-20-13(24)14(15,16)17)23-5-3-22(4-6-23)7-8-27(18,25)26/h3-8H2,1-2H3,(H2,18,25,26). The fourth-order valence-electron chi connectivity index (χ4n) is 3.03. The van der Waals surface area contributed by atoms with E-state index in [-0.39, 0.29) is 11.4 Å². The van der Waals surface area contributed by atoms with Crippen molar-refractivity contribution in [2.45, 2.75) is 20.0 Å². The predicted molar refractivity (Wildman–Crippen MR) is 91.9 cm³/mol. The molecule has 2 aromatic heterocycles. The summed E-state index contributed by atoms with van der Waals surface area (Å²) in [5, 5.41) is 16.0. The van der Waals surface area contributed by atoms with Crippen LogP contribution in [0.25, 0.3) is 5.65 Å². The normalized spacial score (nSPS) is 17.0. The summed E-state index contributed by atoms with van der Waals surface area (Å²) in [6.07, 6.45) is -4.65. The van der Waals surface area contributed by atoms with Crippen LogP contribution in [0.1, 0.15) is 17.0 Å². The molecule has 1 aliphatic heterocycles. The highest BCUT2D eigenvalue weighted by Crippen LogP contribution is 2.30. The van der Waals surface area contributed by atoms with E-state index in [0.717, 1.165) is 10.1 Å². The molecule has 0 aromatic carbocycles. The molecule has 0 bridgehead atoms. The SMILES string of the molecule is Cc1c(N2CCN(CCS(N)(=O)=O)CC2)nn2c(C(F)(F)F)nnc2c1C. The second kappa shape index (κ2) is 6.87. The Labute approximate surface area is 154 Å². The first-order valence-electron chi connectivity index (χ1n) is 8.25. The van der Waals surface area contributed by atoms with E-state index >= 15 is 0 Å². The van der Waals surface area contributed by atoms with E-state index in [1.165, 1.54) is 0 Å². The van der Waals surface area contributed by atoms with E-state index in [0.29, 0.717) is 44.1 Å². The van der Waals surface area contributed by atoms with Crippen molar-refractivity contribution >= 4 is 21.5 Å². The van der Waals surface area contributed by atoms with Gasteiger partial charge in [-0.05, 0) is 13.8 Å². The summed E-state index contributed by atoms with van der Waals surface area (Å²) >= 11 is 0. The van der Waals surface area contributed by atoms with Crippen molar-refractivity contribution in [2.24, 2.45) is 5.14 Å². The first-order chi connectivity index (χ1) is 12.5. The molecule has 1 saturated heterocycles. The van der Waals surface area contributed by atoms with Crippen LogP contribution in [0.2, 0.25) is 0 Å². The molecule has 0 amide bonds. The highest BCUT2D eigenvalue weighted by Gasteiger charge is 2.38. The quantitative estimate of drug-likeness (QED) is 0.769. The molecule has 27 heavy (non-hydrogen) atoms. The average Bonchev–Trinajstić information content (AvgIpc) is 3.00. The zero-order chi connectivity index (χ0) is 20.0. The van der Waals surface area contributed by atoms with E-state index in [2.05, 4.69) is 15.3 Å². The monoisotopic (exact) mass is 407 g/mol. The third-order valence-electron chi connectivity index (χ3n) is 4.69. The Hall–Kier alpha value is -1.99. The van der Waals surface area contributed by atoms with Crippen LogP contribution in [0.5, 0.6) is 0 Å². The maximum absolute atomic E-state index is 13.1. The Balaban J connectivity index is 1.84. The van der Waals surface area contributed by atoms with Gasteiger partial charge in [-0.15, -0.1) is 15.3 Å². The van der Waals surface area contributed by atoms with E-state index in [9.17, 15) is 21.6 Å². The largest absolute Gasteiger partial charge is 0.453 e. The number of anilines is 1. The van der Waals surface area contributed by atoms with Crippen LogP contribution in [-0.2, 0) is 16.2 Å². The van der Waals surface area contributed by atoms with Crippen LogP contribution in [0.4, 0.5) is 19.0 Å². The van der Waals surface area contributed by atoms with Gasteiger partial charge in [-0.1, -0.05) is 0 Å². The number of alkyl halides is 3. The van der Waals surface area contributed by atoms with Gasteiger partial charge in [0.25, 0.3) is 5.82 Å². The first-order valence-corrected chi connectivity index (χ1v) is 9.96. The van der Waals surface area contributed by atoms with Crippen molar-refractivity contribution in [1.82, 2.24) is 24.7 Å². The minimum absolute atomic E-state index is 0.0790. The number of nitrogens with zero attached hydrogens (tertiary/aromatic N) is 6. The lowest BCUT2D eigenvalue weighted by atomic mass is 10.1. The number of hydrogen-bond donors (Lipinski definition) is 1. The Morgan fingerprint density at radius 1 is 1.07 bits per heavy atom. The van der Waals surface area contributed by atoms with Gasteiger partial charge in [0, 0.05) is 43.9 Å². The number of halogens is 3. The smallest absolute Gasteiger partial charge is 0.352 e. The fraction of sp³-hybridized carbons (Fsp3) is 0.643. The van der Waals surface area contributed by atoms with Crippen molar-refractivity contribution in [3.63, 3.8) is 0 Å². The Morgan fingerprint density at radius 2 is 1.70 bits per heavy atom. The molecule has 150 valence electrons. The van der Waals surface area contributed by atoms with Gasteiger partial charge >= 0.3 is 6.18 Å². The van der Waals surface area contributed by atoms with E-state index in [1.807, 2.05) is 9.80 Å². The molecule has 9 nitrogen and oxygen atoms in total. The molecule has 13 heteroatoms. The van der Waals surface area contributed by atoms with Crippen LogP contribution in [-0.4, -0.2) is 71.6 Å². The topological polar surface area (TPSA) is 110 Å². The Bertz CT molecular complexity index is 950. The van der Waals surface area contributed by atoms with Crippen LogP contribution in [0.15, 0.2) is 0 Å². The fourth-order valence-corrected chi connectivity index (χ4v) is 3.54. The Morgan fingerprint density at radius 3 is 2.26 bits per heavy atom. The van der Waals surface area contributed by atoms with Gasteiger partial charge in [0.05, 0.1) is 5.75 Å². The molecule has 0 unspecified atom stereocenters. The maximum atomic E-state index is 13.1. The molecule has 0 radical (unpaired) electrons. The maximum Gasteiger partial charge on any atom is 0.453 e. The average molecular weight is 407 g/mol. The molecule has 0 spiro atoms. The van der Waals surface area contributed by atoms with E-state index in [4.69, 9.17) is 5.14 Å². The summed E-state index contributed by atoms with van der Waals surface area (Å²) in [6, 6.07) is 0. The lowest BCUT2D eigenvalue weighted by Crippen LogP contribution is -2.48. The third-order valence-corrected chi connectivity index (χ3v) is 5.44. The molecule has 2 aromatic rings. The highest BCUT2D eigenvalue weighted by atomic mass is 32.2. The summed E-state index contributed by atoms with van der Waals surface area (Å²) < 4.78 is 62.3. The molecule has 3 rings (SSSR count). The van der Waals surface area contributed by atoms with Crippen molar-refractivity contribution in [1.29, 1.82) is 0 Å². The summed E-state index contributed by atoms with van der Waals surface area (Å²) in [5.41, 5.74) is 1.40. The lowest BCUT2D eigenvalue weighted by molar-refractivity contribution is -0.146. The van der Waals surface area contributed by atoms with E-state index < -0.39 is 22.0 Å². The number of piperazine rings is 1. The number of primary sulfonamides is 1. The third kappa shape index (κ3) is 4.14. The summed E-state index contributed by atoms with van der Waals surface area (Å²) in [4.78, 5) is 3.83. The zero-order valence-electron chi connectivity index (χ0n) is 14.9. The number of fused-ring (bicyclic) bond motifs is 1. The molecule has 0 aliphatic carbocycles. The zero-order valence-corrected chi connectivity index (χ0v) is 15.7. The van der Waals surface area contributed by atoms with Crippen molar-refractivity contribution < 1.29 is 21.6 Å². The van der Waals surface area contributed by atoms with Gasteiger partial charge in [0.15, 0.2) is 11.5 Å². The van der Waals surface area contributed by atoms with Gasteiger partial charge in [0.2, 0.25) is 10.0 Å². The summed E-state index contributed by atoms with van der Waals surface area (Å²) in [6.45, 7) is 5.92. The van der Waals surface area contributed by atoms with Crippen molar-refractivity contribution in [2.75, 3.05) is 43.4 Å². The van der Waals surface area contributed by atoms with Gasteiger partial charge in [-0.25, -0.2) is 13.6 Å². The number of aryl methyl sites for hydroxylation is 1. The van der Waals surface area contributed by atoms with Gasteiger partial charge < -0.3 is 4.90 Å². The summed E-state index contributed by atoms with van der Waals surface area (Å²) in [5.74, 6) is -0.851. The second-order valence-corrected chi connectivity index (χ2v) is 8.26. The highest BCUT2D eigenvalue weighted by molar-refractivity contribution is 7.89. The molecule has 0 atom stereocenters. The molecule has 2 N–H and O–H groups in total. The van der Waals surface area contributed by atoms with E-state index in [1.54, 1.807) is 13.8 Å². The number of sulfonamides is 1. The van der Waals surface area contributed by atoms with Gasteiger partial charge in [-0.2, -0.15) is 17.7 Å².